The van der Waals surface area contributed by atoms with E-state index in [1.165, 1.54) is 11.3 Å². The highest BCUT2D eigenvalue weighted by Gasteiger charge is 2.34. The number of nitrogens with one attached hydrogen (secondary N) is 1. The fraction of sp³-hybridized carbons (Fsp3) is 0.250. The summed E-state index contributed by atoms with van der Waals surface area (Å²) >= 11 is 6.29. The van der Waals surface area contributed by atoms with Crippen molar-refractivity contribution in [3.8, 4) is 5.88 Å². The zero-order valence-electron chi connectivity index (χ0n) is 15.7. The maximum absolute atomic E-state index is 13.2. The molecule has 1 atom stereocenters. The van der Waals surface area contributed by atoms with Crippen molar-refractivity contribution in [1.82, 2.24) is 14.5 Å². The Morgan fingerprint density at radius 1 is 1.48 bits per heavy atom. The maximum atomic E-state index is 13.2. The Morgan fingerprint density at radius 2 is 2.34 bits per heavy atom. The molecule has 2 aromatic rings. The number of fused-ring (bicyclic) bond motifs is 1. The van der Waals surface area contributed by atoms with Gasteiger partial charge in [0, 0.05) is 25.5 Å². The zero-order valence-corrected chi connectivity index (χ0v) is 17.3. The van der Waals surface area contributed by atoms with E-state index in [9.17, 15) is 9.90 Å². The molecular formula is C20H19N5O2S2. The third-order valence-electron chi connectivity index (χ3n) is 4.69. The van der Waals surface area contributed by atoms with E-state index in [0.717, 1.165) is 24.3 Å². The molecule has 3 heterocycles. The Kier molecular flexibility index (Phi) is 5.50. The Balaban J connectivity index is 1.68. The summed E-state index contributed by atoms with van der Waals surface area (Å²) < 4.78 is 2.42. The van der Waals surface area contributed by atoms with Gasteiger partial charge in [0.2, 0.25) is 5.88 Å². The van der Waals surface area contributed by atoms with Gasteiger partial charge in [0.1, 0.15) is 0 Å². The molecule has 2 aromatic heterocycles. The number of H-pyrrole nitrogens is 1. The minimum Gasteiger partial charge on any atom is -0.494 e. The highest BCUT2D eigenvalue weighted by molar-refractivity contribution is 7.73. The molecule has 0 amide bonds. The number of nitrogens with zero attached hydrogens (tertiary/aromatic N) is 4. The second-order valence-corrected chi connectivity index (χ2v) is 8.44. The Morgan fingerprint density at radius 3 is 3.07 bits per heavy atom. The molecule has 7 nitrogen and oxygen atoms in total. The molecule has 0 saturated carbocycles. The number of aromatic nitrogens is 3. The minimum absolute atomic E-state index is 0.0511. The third-order valence-corrected chi connectivity index (χ3v) is 5.86. The van der Waals surface area contributed by atoms with Crippen LogP contribution in [0, 0.1) is 9.87 Å². The summed E-state index contributed by atoms with van der Waals surface area (Å²) in [6, 6.07) is 0. The molecule has 2 N–H and O–H groups in total. The summed E-state index contributed by atoms with van der Waals surface area (Å²) in [5.74, 6) is -0.158. The standard InChI is InChI=1S/C20H19N5O2S2/c1-12-4-2-5-13-16(12)23-18(22-6-3-8-25-9-7-21-11-25)14(17(13)26)10-15-19(27)24-20(28)29-15/h2,4-5,7,9-11,13,27H,3,6,8H2,1H3,(H,24,28). The number of thiazole rings is 1. The van der Waals surface area contributed by atoms with Crippen LogP contribution >= 0.6 is 23.6 Å². The highest BCUT2D eigenvalue weighted by Crippen LogP contribution is 2.30. The van der Waals surface area contributed by atoms with Gasteiger partial charge in [-0.25, -0.2) is 9.98 Å². The summed E-state index contributed by atoms with van der Waals surface area (Å²) in [6.45, 7) is 3.25. The van der Waals surface area contributed by atoms with E-state index >= 15 is 0 Å². The fourth-order valence-corrected chi connectivity index (χ4v) is 4.27. The molecule has 148 valence electrons. The SMILES string of the molecule is CC1=CC=CC2C(=O)C(=Cc3sc(=S)[nH]c3O)C(=NCCCn3ccnc3)N=C12. The number of rotatable bonds is 5. The largest absolute Gasteiger partial charge is 0.494 e. The molecule has 0 aromatic carbocycles. The molecule has 0 spiro atoms. The van der Waals surface area contributed by atoms with E-state index in [-0.39, 0.29) is 11.7 Å². The van der Waals surface area contributed by atoms with Crippen molar-refractivity contribution in [2.24, 2.45) is 15.9 Å². The fourth-order valence-electron chi connectivity index (χ4n) is 3.23. The van der Waals surface area contributed by atoms with Crippen LogP contribution in [0.5, 0.6) is 5.88 Å². The Hall–Kier alpha value is -2.91. The first-order valence-electron chi connectivity index (χ1n) is 9.15. The van der Waals surface area contributed by atoms with Gasteiger partial charge in [-0.3, -0.25) is 9.79 Å². The molecule has 4 rings (SSSR count). The topological polar surface area (TPSA) is 95.6 Å². The number of hydrogen-bond acceptors (Lipinski definition) is 6. The van der Waals surface area contributed by atoms with E-state index in [1.807, 2.05) is 35.9 Å². The number of hydrogen-bond donors (Lipinski definition) is 2. The average molecular weight is 426 g/mol. The van der Waals surface area contributed by atoms with Gasteiger partial charge in [0.05, 0.1) is 28.4 Å². The number of aliphatic imine (C=N–C) groups is 2. The van der Waals surface area contributed by atoms with Crippen molar-refractivity contribution in [2.75, 3.05) is 6.54 Å². The summed E-state index contributed by atoms with van der Waals surface area (Å²) in [4.78, 5) is 29.8. The van der Waals surface area contributed by atoms with Gasteiger partial charge in [0.25, 0.3) is 0 Å². The number of carbonyl (C=O) groups is 1. The molecule has 9 heteroatoms. The van der Waals surface area contributed by atoms with Crippen LogP contribution in [0.1, 0.15) is 18.2 Å². The average Bonchev–Trinajstić information content (AvgIpc) is 3.31. The molecule has 1 aliphatic carbocycles. The van der Waals surface area contributed by atoms with Gasteiger partial charge in [-0.1, -0.05) is 18.2 Å². The van der Waals surface area contributed by atoms with Gasteiger partial charge in [-0.2, -0.15) is 0 Å². The maximum Gasteiger partial charge on any atom is 0.207 e. The lowest BCUT2D eigenvalue weighted by Gasteiger charge is -2.24. The summed E-state index contributed by atoms with van der Waals surface area (Å²) in [7, 11) is 0. The van der Waals surface area contributed by atoms with Gasteiger partial charge in [-0.15, -0.1) is 11.3 Å². The lowest BCUT2D eigenvalue weighted by Crippen LogP contribution is -2.34. The Labute approximate surface area is 176 Å². The van der Waals surface area contributed by atoms with Gasteiger partial charge in [0.15, 0.2) is 15.6 Å². The van der Waals surface area contributed by atoms with Crippen LogP contribution in [0.15, 0.2) is 58.1 Å². The molecule has 0 bridgehead atoms. The predicted molar refractivity (Wildman–Crippen MR) is 117 cm³/mol. The van der Waals surface area contributed by atoms with Crippen LogP contribution < -0.4 is 0 Å². The van der Waals surface area contributed by atoms with Crippen molar-refractivity contribution in [2.45, 2.75) is 19.9 Å². The van der Waals surface area contributed by atoms with Crippen molar-refractivity contribution >= 4 is 47.0 Å². The molecule has 0 saturated heterocycles. The molecule has 0 fully saturated rings. The number of allylic oxidation sites excluding steroid dienone is 4. The van der Waals surface area contributed by atoms with Gasteiger partial charge >= 0.3 is 0 Å². The molecular weight excluding hydrogens is 406 g/mol. The van der Waals surface area contributed by atoms with Crippen LogP contribution in [-0.2, 0) is 11.3 Å². The Bertz CT molecular complexity index is 1150. The highest BCUT2D eigenvalue weighted by atomic mass is 32.1. The first-order chi connectivity index (χ1) is 14.0. The smallest absolute Gasteiger partial charge is 0.207 e. The lowest BCUT2D eigenvalue weighted by atomic mass is 9.83. The van der Waals surface area contributed by atoms with E-state index in [1.54, 1.807) is 18.6 Å². The zero-order chi connectivity index (χ0) is 20.4. The molecule has 29 heavy (non-hydrogen) atoms. The van der Waals surface area contributed by atoms with E-state index in [4.69, 9.17) is 17.2 Å². The van der Waals surface area contributed by atoms with Crippen molar-refractivity contribution in [3.63, 3.8) is 0 Å². The quantitative estimate of drug-likeness (QED) is 0.433. The normalized spacial score (nSPS) is 21.4. The lowest BCUT2D eigenvalue weighted by molar-refractivity contribution is -0.115. The number of Topliss-reactive ketones (excluding diaryl/α,β-unsaturated/α-hetero) is 1. The summed E-state index contributed by atoms with van der Waals surface area (Å²) in [5, 5.41) is 10.1. The van der Waals surface area contributed by atoms with Crippen LogP contribution in [0.3, 0.4) is 0 Å². The first-order valence-corrected chi connectivity index (χ1v) is 10.4. The van der Waals surface area contributed by atoms with Crippen molar-refractivity contribution in [1.29, 1.82) is 0 Å². The van der Waals surface area contributed by atoms with E-state index in [2.05, 4.69) is 15.0 Å². The molecule has 1 unspecified atom stereocenters. The number of carbonyl (C=O) groups excluding carboxylic acids is 1. The predicted octanol–water partition coefficient (Wildman–Crippen LogP) is 3.74. The van der Waals surface area contributed by atoms with Gasteiger partial charge < -0.3 is 14.7 Å². The molecule has 2 aliphatic rings. The number of aromatic amines is 1. The monoisotopic (exact) mass is 425 g/mol. The van der Waals surface area contributed by atoms with E-state index in [0.29, 0.717) is 26.8 Å². The van der Waals surface area contributed by atoms with Crippen LogP contribution in [0.25, 0.3) is 6.08 Å². The molecule has 0 radical (unpaired) electrons. The summed E-state index contributed by atoms with van der Waals surface area (Å²) in [5.41, 5.74) is 2.08. The summed E-state index contributed by atoms with van der Waals surface area (Å²) in [6.07, 6.45) is 13.5. The van der Waals surface area contributed by atoms with Crippen LogP contribution in [0.2, 0.25) is 0 Å². The third kappa shape index (κ3) is 4.10. The van der Waals surface area contributed by atoms with Crippen molar-refractivity contribution < 1.29 is 9.90 Å². The minimum atomic E-state index is -0.426. The number of ketones is 1. The first kappa shape index (κ1) is 19.4. The molecule has 1 aliphatic heterocycles. The van der Waals surface area contributed by atoms with Gasteiger partial charge in [-0.05, 0) is 37.2 Å². The second-order valence-electron chi connectivity index (χ2n) is 6.72. The number of imidazole rings is 1. The number of amidine groups is 1. The van der Waals surface area contributed by atoms with E-state index < -0.39 is 5.92 Å². The van der Waals surface area contributed by atoms with Crippen LogP contribution in [0.4, 0.5) is 0 Å². The van der Waals surface area contributed by atoms with Crippen LogP contribution in [-0.4, -0.2) is 43.5 Å². The number of aryl methyl sites for hydroxylation is 1. The van der Waals surface area contributed by atoms with Crippen molar-refractivity contribution in [3.05, 3.63) is 56.9 Å². The number of aromatic hydroxyl groups is 1. The second kappa shape index (κ2) is 8.22.